The van der Waals surface area contributed by atoms with Gasteiger partial charge in [-0.3, -0.25) is 4.79 Å². The van der Waals surface area contributed by atoms with E-state index in [1.165, 1.54) is 30.1 Å². The Hall–Kier alpha value is -2.15. The average Bonchev–Trinajstić information content (AvgIpc) is 2.28. The molecule has 0 aromatic carbocycles. The number of aromatic amines is 1. The average molecular weight is 263 g/mol. The minimum atomic E-state index is -1.03. The first-order chi connectivity index (χ1) is 8.54. The van der Waals surface area contributed by atoms with Gasteiger partial charge in [-0.2, -0.15) is 0 Å². The molecule has 2 aromatic rings. The number of nitrogens with one attached hydrogen (secondary N) is 1. The third kappa shape index (κ3) is 2.95. The summed E-state index contributed by atoms with van der Waals surface area (Å²) in [4.78, 5) is 32.6. The normalized spacial score (nSPS) is 10.3. The molecule has 0 bridgehead atoms. The lowest BCUT2D eigenvalue weighted by Crippen LogP contribution is -2.08. The van der Waals surface area contributed by atoms with E-state index in [-0.39, 0.29) is 11.1 Å². The van der Waals surface area contributed by atoms with Crippen molar-refractivity contribution in [2.75, 3.05) is 0 Å². The Balaban J connectivity index is 2.23. The van der Waals surface area contributed by atoms with Crippen molar-refractivity contribution in [2.24, 2.45) is 0 Å². The summed E-state index contributed by atoms with van der Waals surface area (Å²) in [6, 6.07) is 4.41. The number of aryl methyl sites for hydroxylation is 1. The van der Waals surface area contributed by atoms with Gasteiger partial charge in [-0.15, -0.1) is 0 Å². The summed E-state index contributed by atoms with van der Waals surface area (Å²) in [5, 5.41) is 9.72. The Morgan fingerprint density at radius 1 is 1.44 bits per heavy atom. The molecule has 2 heterocycles. The quantitative estimate of drug-likeness (QED) is 0.811. The molecule has 2 N–H and O–H groups in total. The number of nitrogens with zero attached hydrogens (tertiary/aromatic N) is 2. The fourth-order valence-electron chi connectivity index (χ4n) is 1.27. The number of hydrogen-bond donors (Lipinski definition) is 2. The van der Waals surface area contributed by atoms with E-state index in [1.54, 1.807) is 13.0 Å². The Bertz CT molecular complexity index is 637. The smallest absolute Gasteiger partial charge is 0.337 e. The van der Waals surface area contributed by atoms with Gasteiger partial charge in [-0.1, -0.05) is 0 Å². The molecule has 0 saturated heterocycles. The molecule has 0 unspecified atom stereocenters. The van der Waals surface area contributed by atoms with Crippen molar-refractivity contribution >= 4 is 17.7 Å². The summed E-state index contributed by atoms with van der Waals surface area (Å²) in [6.45, 7) is 1.72. The van der Waals surface area contributed by atoms with Gasteiger partial charge in [0.1, 0.15) is 5.03 Å². The molecule has 0 aliphatic carbocycles. The van der Waals surface area contributed by atoms with Crippen molar-refractivity contribution in [3.63, 3.8) is 0 Å². The highest BCUT2D eigenvalue weighted by Crippen LogP contribution is 2.21. The van der Waals surface area contributed by atoms with E-state index in [0.717, 1.165) is 0 Å². The van der Waals surface area contributed by atoms with Crippen LogP contribution >= 0.6 is 11.8 Å². The highest BCUT2D eigenvalue weighted by atomic mass is 32.2. The van der Waals surface area contributed by atoms with Crippen LogP contribution in [0.2, 0.25) is 0 Å². The summed E-state index contributed by atoms with van der Waals surface area (Å²) in [5.74, 6) is -1.03. The van der Waals surface area contributed by atoms with Gasteiger partial charge >= 0.3 is 5.97 Å². The number of aromatic carboxylic acids is 1. The monoisotopic (exact) mass is 263 g/mol. The van der Waals surface area contributed by atoms with Crippen LogP contribution in [-0.4, -0.2) is 26.0 Å². The number of H-pyrrole nitrogens is 1. The van der Waals surface area contributed by atoms with E-state index < -0.39 is 5.97 Å². The number of carbonyl (C=O) groups is 1. The third-order valence-corrected chi connectivity index (χ3v) is 2.87. The second-order valence-corrected chi connectivity index (χ2v) is 4.49. The first-order valence-corrected chi connectivity index (χ1v) is 5.81. The molecule has 0 aliphatic heterocycles. The Morgan fingerprint density at radius 2 is 2.22 bits per heavy atom. The molecule has 18 heavy (non-hydrogen) atoms. The van der Waals surface area contributed by atoms with Crippen molar-refractivity contribution in [1.82, 2.24) is 15.0 Å². The molecule has 0 atom stereocenters. The molecule has 0 saturated carbocycles. The summed E-state index contributed by atoms with van der Waals surface area (Å²) in [5.41, 5.74) is 0.501. The topological polar surface area (TPSA) is 95.9 Å². The third-order valence-electron chi connectivity index (χ3n) is 2.03. The van der Waals surface area contributed by atoms with Gasteiger partial charge in [0.15, 0.2) is 5.16 Å². The predicted molar refractivity (Wildman–Crippen MR) is 64.9 cm³/mol. The van der Waals surface area contributed by atoms with Crippen LogP contribution in [0.3, 0.4) is 0 Å². The second-order valence-electron chi connectivity index (χ2n) is 3.48. The lowest BCUT2D eigenvalue weighted by molar-refractivity contribution is 0.0696. The van der Waals surface area contributed by atoms with E-state index in [9.17, 15) is 9.59 Å². The van der Waals surface area contributed by atoms with Crippen molar-refractivity contribution < 1.29 is 9.90 Å². The fraction of sp³-hybridized carbons (Fsp3) is 0.0909. The zero-order valence-electron chi connectivity index (χ0n) is 9.38. The van der Waals surface area contributed by atoms with E-state index >= 15 is 0 Å². The highest BCUT2D eigenvalue weighted by Gasteiger charge is 2.05. The van der Waals surface area contributed by atoms with Crippen molar-refractivity contribution in [3.05, 3.63) is 46.0 Å². The highest BCUT2D eigenvalue weighted by molar-refractivity contribution is 7.99. The maximum Gasteiger partial charge on any atom is 0.337 e. The van der Waals surface area contributed by atoms with Crippen LogP contribution in [0.4, 0.5) is 0 Å². The second kappa shape index (κ2) is 5.01. The van der Waals surface area contributed by atoms with Crippen LogP contribution in [0.1, 0.15) is 16.1 Å². The minimum absolute atomic E-state index is 0.116. The van der Waals surface area contributed by atoms with Crippen molar-refractivity contribution in [3.8, 4) is 0 Å². The molecule has 0 radical (unpaired) electrons. The number of pyridine rings is 1. The van der Waals surface area contributed by atoms with Crippen LogP contribution in [0.5, 0.6) is 0 Å². The van der Waals surface area contributed by atoms with Gasteiger partial charge in [-0.05, 0) is 30.8 Å². The summed E-state index contributed by atoms with van der Waals surface area (Å²) < 4.78 is 0. The Kier molecular flexibility index (Phi) is 3.42. The van der Waals surface area contributed by atoms with Crippen molar-refractivity contribution in [1.29, 1.82) is 0 Å². The lowest BCUT2D eigenvalue weighted by Gasteiger charge is -2.01. The first kappa shape index (κ1) is 12.3. The lowest BCUT2D eigenvalue weighted by atomic mass is 10.3. The molecular weight excluding hydrogens is 254 g/mol. The maximum absolute atomic E-state index is 11.2. The van der Waals surface area contributed by atoms with Gasteiger partial charge in [0.2, 0.25) is 0 Å². The van der Waals surface area contributed by atoms with E-state index in [0.29, 0.717) is 15.9 Å². The number of aromatic nitrogens is 3. The van der Waals surface area contributed by atoms with Gasteiger partial charge in [0.25, 0.3) is 5.56 Å². The standard InChI is InChI=1S/C11H9N3O3S/c1-6-4-8(15)14-11(13-6)18-9-3-2-7(5-12-9)10(16)17/h2-5H,1H3,(H,16,17)(H,13,14,15). The molecule has 0 spiro atoms. The van der Waals surface area contributed by atoms with Gasteiger partial charge in [-0.25, -0.2) is 14.8 Å². The van der Waals surface area contributed by atoms with Crippen LogP contribution in [0, 0.1) is 6.92 Å². The Labute approximate surface area is 106 Å². The van der Waals surface area contributed by atoms with Crippen molar-refractivity contribution in [2.45, 2.75) is 17.1 Å². The largest absolute Gasteiger partial charge is 0.478 e. The zero-order valence-corrected chi connectivity index (χ0v) is 10.2. The van der Waals surface area contributed by atoms with Gasteiger partial charge in [0.05, 0.1) is 5.56 Å². The van der Waals surface area contributed by atoms with Gasteiger partial charge < -0.3 is 10.1 Å². The van der Waals surface area contributed by atoms with Crippen LogP contribution in [0.15, 0.2) is 39.4 Å². The molecule has 7 heteroatoms. The van der Waals surface area contributed by atoms with Gasteiger partial charge in [0, 0.05) is 18.0 Å². The SMILES string of the molecule is Cc1cc(=O)[nH]c(Sc2ccc(C(=O)O)cn2)n1. The molecule has 6 nitrogen and oxygen atoms in total. The minimum Gasteiger partial charge on any atom is -0.478 e. The number of carboxylic acid groups (broad SMARTS) is 1. The summed E-state index contributed by atoms with van der Waals surface area (Å²) in [6.07, 6.45) is 1.26. The Morgan fingerprint density at radius 3 is 2.78 bits per heavy atom. The maximum atomic E-state index is 11.2. The van der Waals surface area contributed by atoms with Crippen LogP contribution < -0.4 is 5.56 Å². The fourth-order valence-corrected chi connectivity index (χ4v) is 2.05. The van der Waals surface area contributed by atoms with Crippen LogP contribution in [0.25, 0.3) is 0 Å². The zero-order chi connectivity index (χ0) is 13.1. The molecular formula is C11H9N3O3S. The molecule has 0 aliphatic rings. The number of hydrogen-bond acceptors (Lipinski definition) is 5. The predicted octanol–water partition coefficient (Wildman–Crippen LogP) is 1.32. The number of rotatable bonds is 3. The molecule has 2 aromatic heterocycles. The van der Waals surface area contributed by atoms with Crippen LogP contribution in [-0.2, 0) is 0 Å². The molecule has 2 rings (SSSR count). The molecule has 92 valence electrons. The van der Waals surface area contributed by atoms with E-state index in [4.69, 9.17) is 5.11 Å². The molecule has 0 amide bonds. The van der Waals surface area contributed by atoms with E-state index in [2.05, 4.69) is 15.0 Å². The first-order valence-electron chi connectivity index (χ1n) is 5.00. The molecule has 0 fully saturated rings. The summed E-state index contributed by atoms with van der Waals surface area (Å²) >= 11 is 1.17. The number of carboxylic acids is 1. The summed E-state index contributed by atoms with van der Waals surface area (Å²) in [7, 11) is 0. The van der Waals surface area contributed by atoms with E-state index in [1.807, 2.05) is 0 Å².